The molecule has 7 heteroatoms. The van der Waals surface area contributed by atoms with Crippen LogP contribution in [0.1, 0.15) is 10.4 Å². The van der Waals surface area contributed by atoms with Crippen molar-refractivity contribution in [2.75, 3.05) is 32.2 Å². The minimum Gasteiger partial charge on any atom is -0.497 e. The Bertz CT molecular complexity index is 774. The van der Waals surface area contributed by atoms with Crippen molar-refractivity contribution in [2.45, 2.75) is 0 Å². The van der Waals surface area contributed by atoms with Crippen molar-refractivity contribution in [3.8, 4) is 17.2 Å². The Labute approximate surface area is 144 Å². The Morgan fingerprint density at radius 3 is 2.72 bits per heavy atom. The summed E-state index contributed by atoms with van der Waals surface area (Å²) < 4.78 is 16.0. The van der Waals surface area contributed by atoms with Crippen molar-refractivity contribution in [3.63, 3.8) is 0 Å². The molecule has 3 rings (SSSR count). The number of carbonyl (C=O) groups is 2. The van der Waals surface area contributed by atoms with Gasteiger partial charge in [0.15, 0.2) is 12.4 Å². The van der Waals surface area contributed by atoms with Gasteiger partial charge in [-0.1, -0.05) is 6.07 Å². The predicted molar refractivity (Wildman–Crippen MR) is 91.4 cm³/mol. The molecule has 0 atom stereocenters. The number of fused-ring (bicyclic) bond motifs is 1. The van der Waals surface area contributed by atoms with Crippen molar-refractivity contribution in [1.29, 1.82) is 0 Å². The standard InChI is InChI=1S/C18H18N2O5/c1-23-12-5-7-13(8-6-12)24-10-9-19-18(22)14-3-2-4-15-17(14)25-11-16(21)20-15/h2-8H,9-11H2,1H3,(H,19,22)(H,20,21). The van der Waals surface area contributed by atoms with E-state index in [9.17, 15) is 9.59 Å². The number of carbonyl (C=O) groups excluding carboxylic acids is 2. The predicted octanol–water partition coefficient (Wildman–Crippen LogP) is 1.83. The lowest BCUT2D eigenvalue weighted by molar-refractivity contribution is -0.118. The summed E-state index contributed by atoms with van der Waals surface area (Å²) in [5.41, 5.74) is 0.875. The molecule has 0 bridgehead atoms. The molecule has 1 aliphatic heterocycles. The largest absolute Gasteiger partial charge is 0.497 e. The van der Waals surface area contributed by atoms with E-state index in [-0.39, 0.29) is 18.4 Å². The fraction of sp³-hybridized carbons (Fsp3) is 0.222. The molecule has 25 heavy (non-hydrogen) atoms. The zero-order chi connectivity index (χ0) is 17.6. The summed E-state index contributed by atoms with van der Waals surface area (Å²) in [7, 11) is 1.60. The van der Waals surface area contributed by atoms with E-state index in [2.05, 4.69) is 10.6 Å². The van der Waals surface area contributed by atoms with Gasteiger partial charge in [-0.2, -0.15) is 0 Å². The highest BCUT2D eigenvalue weighted by molar-refractivity contribution is 6.03. The molecule has 2 amide bonds. The number of rotatable bonds is 6. The molecule has 0 radical (unpaired) electrons. The second-order valence-corrected chi connectivity index (χ2v) is 5.30. The van der Waals surface area contributed by atoms with Gasteiger partial charge in [-0.25, -0.2) is 0 Å². The zero-order valence-electron chi connectivity index (χ0n) is 13.7. The highest BCUT2D eigenvalue weighted by Crippen LogP contribution is 2.31. The third kappa shape index (κ3) is 4.00. The van der Waals surface area contributed by atoms with Gasteiger partial charge < -0.3 is 24.8 Å². The van der Waals surface area contributed by atoms with Gasteiger partial charge in [-0.15, -0.1) is 0 Å². The third-order valence-electron chi connectivity index (χ3n) is 3.60. The molecular formula is C18H18N2O5. The molecule has 2 aromatic rings. The van der Waals surface area contributed by atoms with Gasteiger partial charge in [0.2, 0.25) is 0 Å². The first kappa shape index (κ1) is 16.6. The van der Waals surface area contributed by atoms with Gasteiger partial charge in [-0.05, 0) is 36.4 Å². The first-order valence-corrected chi connectivity index (χ1v) is 7.78. The van der Waals surface area contributed by atoms with Crippen LogP contribution in [-0.2, 0) is 4.79 Å². The van der Waals surface area contributed by atoms with Crippen LogP contribution in [-0.4, -0.2) is 38.7 Å². The van der Waals surface area contributed by atoms with E-state index in [1.54, 1.807) is 49.6 Å². The molecule has 2 N–H and O–H groups in total. The second kappa shape index (κ2) is 7.57. The molecule has 0 spiro atoms. The van der Waals surface area contributed by atoms with E-state index in [0.717, 1.165) is 5.75 Å². The van der Waals surface area contributed by atoms with Gasteiger partial charge >= 0.3 is 0 Å². The van der Waals surface area contributed by atoms with Crippen LogP contribution in [0.25, 0.3) is 0 Å². The number of ether oxygens (including phenoxy) is 3. The molecule has 2 aromatic carbocycles. The van der Waals surface area contributed by atoms with E-state index in [1.165, 1.54) is 0 Å². The number of nitrogens with one attached hydrogen (secondary N) is 2. The molecule has 130 valence electrons. The van der Waals surface area contributed by atoms with Crippen molar-refractivity contribution in [2.24, 2.45) is 0 Å². The lowest BCUT2D eigenvalue weighted by Gasteiger charge is -2.20. The van der Waals surface area contributed by atoms with Crippen LogP contribution in [0.2, 0.25) is 0 Å². The summed E-state index contributed by atoms with van der Waals surface area (Å²) in [4.78, 5) is 23.6. The van der Waals surface area contributed by atoms with E-state index in [0.29, 0.717) is 35.9 Å². The molecule has 0 fully saturated rings. The first-order chi connectivity index (χ1) is 12.2. The average molecular weight is 342 g/mol. The maximum Gasteiger partial charge on any atom is 0.262 e. The molecule has 0 saturated heterocycles. The number of hydrogen-bond donors (Lipinski definition) is 2. The Morgan fingerprint density at radius 2 is 1.96 bits per heavy atom. The number of amides is 2. The normalized spacial score (nSPS) is 12.4. The minimum atomic E-state index is -0.286. The molecule has 0 aliphatic carbocycles. The van der Waals surface area contributed by atoms with Crippen molar-refractivity contribution < 1.29 is 23.8 Å². The molecule has 1 aliphatic rings. The summed E-state index contributed by atoms with van der Waals surface area (Å²) >= 11 is 0. The second-order valence-electron chi connectivity index (χ2n) is 5.30. The Hall–Kier alpha value is -3.22. The zero-order valence-corrected chi connectivity index (χ0v) is 13.7. The summed E-state index contributed by atoms with van der Waals surface area (Å²) in [5, 5.41) is 5.45. The molecule has 1 heterocycles. The quantitative estimate of drug-likeness (QED) is 0.783. The highest BCUT2D eigenvalue weighted by Gasteiger charge is 2.22. The maximum atomic E-state index is 12.3. The number of anilines is 1. The van der Waals surface area contributed by atoms with Gasteiger partial charge in [-0.3, -0.25) is 9.59 Å². The van der Waals surface area contributed by atoms with Crippen LogP contribution in [0, 0.1) is 0 Å². The van der Waals surface area contributed by atoms with E-state index in [1.807, 2.05) is 0 Å². The van der Waals surface area contributed by atoms with Gasteiger partial charge in [0.1, 0.15) is 18.1 Å². The fourth-order valence-corrected chi connectivity index (χ4v) is 2.39. The first-order valence-electron chi connectivity index (χ1n) is 7.78. The van der Waals surface area contributed by atoms with Crippen molar-refractivity contribution in [3.05, 3.63) is 48.0 Å². The van der Waals surface area contributed by atoms with Crippen molar-refractivity contribution in [1.82, 2.24) is 5.32 Å². The third-order valence-corrected chi connectivity index (χ3v) is 3.60. The van der Waals surface area contributed by atoms with Crippen LogP contribution in [0.15, 0.2) is 42.5 Å². The summed E-state index contributed by atoms with van der Waals surface area (Å²) in [5.74, 6) is 1.31. The monoisotopic (exact) mass is 342 g/mol. The van der Waals surface area contributed by atoms with Crippen molar-refractivity contribution >= 4 is 17.5 Å². The van der Waals surface area contributed by atoms with Gasteiger partial charge in [0.05, 0.1) is 24.9 Å². The van der Waals surface area contributed by atoms with Crippen LogP contribution in [0.4, 0.5) is 5.69 Å². The number of methoxy groups -OCH3 is 1. The van der Waals surface area contributed by atoms with Crippen LogP contribution >= 0.6 is 0 Å². The summed E-state index contributed by atoms with van der Waals surface area (Å²) in [6.07, 6.45) is 0. The smallest absolute Gasteiger partial charge is 0.262 e. The highest BCUT2D eigenvalue weighted by atomic mass is 16.5. The fourth-order valence-electron chi connectivity index (χ4n) is 2.39. The summed E-state index contributed by atoms with van der Waals surface area (Å²) in [6.45, 7) is 0.559. The average Bonchev–Trinajstić information content (AvgIpc) is 2.64. The number of para-hydroxylation sites is 1. The minimum absolute atomic E-state index is 0.0993. The molecule has 0 aromatic heterocycles. The van der Waals surface area contributed by atoms with E-state index in [4.69, 9.17) is 14.2 Å². The van der Waals surface area contributed by atoms with Gasteiger partial charge in [0.25, 0.3) is 11.8 Å². The lowest BCUT2D eigenvalue weighted by Crippen LogP contribution is -2.31. The molecule has 0 saturated carbocycles. The van der Waals surface area contributed by atoms with Crippen LogP contribution in [0.5, 0.6) is 17.2 Å². The number of hydrogen-bond acceptors (Lipinski definition) is 5. The lowest BCUT2D eigenvalue weighted by atomic mass is 10.1. The van der Waals surface area contributed by atoms with Crippen LogP contribution < -0.4 is 24.8 Å². The molecule has 7 nitrogen and oxygen atoms in total. The Morgan fingerprint density at radius 1 is 1.20 bits per heavy atom. The summed E-state index contributed by atoms with van der Waals surface area (Å²) in [6, 6.07) is 12.2. The molecule has 0 unspecified atom stereocenters. The SMILES string of the molecule is COc1ccc(OCCNC(=O)c2cccc3c2OCC(=O)N3)cc1. The Balaban J connectivity index is 1.53. The topological polar surface area (TPSA) is 85.9 Å². The molecular weight excluding hydrogens is 324 g/mol. The number of benzene rings is 2. The Kier molecular flexibility index (Phi) is 5.03. The van der Waals surface area contributed by atoms with Crippen LogP contribution in [0.3, 0.4) is 0 Å². The van der Waals surface area contributed by atoms with Gasteiger partial charge in [0, 0.05) is 0 Å². The maximum absolute atomic E-state index is 12.3. The van der Waals surface area contributed by atoms with E-state index < -0.39 is 0 Å². The van der Waals surface area contributed by atoms with E-state index >= 15 is 0 Å².